The Hall–Kier alpha value is -2.76. The van der Waals surface area contributed by atoms with E-state index in [0.29, 0.717) is 24.1 Å². The van der Waals surface area contributed by atoms with Crippen molar-refractivity contribution in [1.29, 1.82) is 0 Å². The van der Waals surface area contributed by atoms with Crippen LogP contribution in [0.2, 0.25) is 0 Å². The van der Waals surface area contributed by atoms with Crippen LogP contribution in [0.3, 0.4) is 0 Å². The number of fused-ring (bicyclic) bond motifs is 1. The molecular weight excluding hydrogens is 350 g/mol. The zero-order valence-electron chi connectivity index (χ0n) is 14.8. The van der Waals surface area contributed by atoms with Crippen molar-refractivity contribution in [1.82, 2.24) is 4.90 Å². The average molecular weight is 370 g/mol. The van der Waals surface area contributed by atoms with E-state index in [4.69, 9.17) is 0 Å². The SMILES string of the molecule is O=C1CN(C(=O)C2(c3cc(F)cc(F)c3)CCCC2)Cc2ccccc2N1. The van der Waals surface area contributed by atoms with Crippen molar-refractivity contribution in [2.75, 3.05) is 11.9 Å². The lowest BCUT2D eigenvalue weighted by molar-refractivity contribution is -0.140. The Balaban J connectivity index is 1.73. The van der Waals surface area contributed by atoms with Crippen LogP contribution < -0.4 is 5.32 Å². The van der Waals surface area contributed by atoms with Crippen LogP contribution in [-0.4, -0.2) is 23.3 Å². The Bertz CT molecular complexity index is 887. The quantitative estimate of drug-likeness (QED) is 0.875. The predicted octanol–water partition coefficient (Wildman–Crippen LogP) is 3.76. The Labute approximate surface area is 156 Å². The molecule has 140 valence electrons. The van der Waals surface area contributed by atoms with Gasteiger partial charge in [-0.1, -0.05) is 31.0 Å². The van der Waals surface area contributed by atoms with Crippen LogP contribution in [0.5, 0.6) is 0 Å². The first kappa shape index (κ1) is 17.6. The van der Waals surface area contributed by atoms with Gasteiger partial charge in [-0.05, 0) is 42.2 Å². The molecule has 0 spiro atoms. The fraction of sp³-hybridized carbons (Fsp3) is 0.333. The molecule has 6 heteroatoms. The van der Waals surface area contributed by atoms with Gasteiger partial charge < -0.3 is 10.2 Å². The van der Waals surface area contributed by atoms with Crippen LogP contribution in [0.25, 0.3) is 0 Å². The van der Waals surface area contributed by atoms with E-state index in [2.05, 4.69) is 5.32 Å². The Morgan fingerprint density at radius 2 is 1.67 bits per heavy atom. The lowest BCUT2D eigenvalue weighted by Gasteiger charge is -2.34. The molecule has 2 aliphatic rings. The van der Waals surface area contributed by atoms with Crippen LogP contribution in [0.4, 0.5) is 14.5 Å². The summed E-state index contributed by atoms with van der Waals surface area (Å²) in [6, 6.07) is 10.7. The number of rotatable bonds is 2. The monoisotopic (exact) mass is 370 g/mol. The molecule has 0 unspecified atom stereocenters. The van der Waals surface area contributed by atoms with Crippen molar-refractivity contribution in [3.63, 3.8) is 0 Å². The highest BCUT2D eigenvalue weighted by molar-refractivity contribution is 5.98. The Morgan fingerprint density at radius 1 is 1.00 bits per heavy atom. The molecule has 2 amide bonds. The van der Waals surface area contributed by atoms with E-state index in [1.54, 1.807) is 6.07 Å². The lowest BCUT2D eigenvalue weighted by Crippen LogP contribution is -2.47. The molecule has 1 N–H and O–H groups in total. The molecule has 0 aromatic heterocycles. The largest absolute Gasteiger partial charge is 0.328 e. The summed E-state index contributed by atoms with van der Waals surface area (Å²) >= 11 is 0. The van der Waals surface area contributed by atoms with Crippen molar-refractivity contribution >= 4 is 17.5 Å². The third-order valence-corrected chi connectivity index (χ3v) is 5.56. The van der Waals surface area contributed by atoms with Crippen LogP contribution in [-0.2, 0) is 21.5 Å². The van der Waals surface area contributed by atoms with Gasteiger partial charge in [-0.2, -0.15) is 0 Å². The highest BCUT2D eigenvalue weighted by Crippen LogP contribution is 2.43. The van der Waals surface area contributed by atoms with Gasteiger partial charge in [0.05, 0.1) is 5.41 Å². The van der Waals surface area contributed by atoms with Crippen LogP contribution in [0.1, 0.15) is 36.8 Å². The highest BCUT2D eigenvalue weighted by atomic mass is 19.1. The maximum absolute atomic E-state index is 13.9. The molecule has 2 aromatic carbocycles. The molecule has 0 radical (unpaired) electrons. The minimum atomic E-state index is -0.984. The zero-order valence-corrected chi connectivity index (χ0v) is 14.8. The highest BCUT2D eigenvalue weighted by Gasteiger charge is 2.46. The first-order chi connectivity index (χ1) is 13.0. The third kappa shape index (κ3) is 3.20. The van der Waals surface area contributed by atoms with E-state index < -0.39 is 17.0 Å². The normalized spacial score (nSPS) is 18.6. The van der Waals surface area contributed by atoms with Gasteiger partial charge in [0.15, 0.2) is 0 Å². The second-order valence-corrected chi connectivity index (χ2v) is 7.31. The van der Waals surface area contributed by atoms with Crippen molar-refractivity contribution in [3.05, 3.63) is 65.2 Å². The van der Waals surface area contributed by atoms with Gasteiger partial charge in [-0.3, -0.25) is 9.59 Å². The molecule has 1 aliphatic heterocycles. The van der Waals surface area contributed by atoms with E-state index in [9.17, 15) is 18.4 Å². The fourth-order valence-corrected chi connectivity index (χ4v) is 4.29. The topological polar surface area (TPSA) is 49.4 Å². The number of anilines is 1. The molecule has 1 aliphatic carbocycles. The second kappa shape index (κ2) is 6.76. The summed E-state index contributed by atoms with van der Waals surface area (Å²) in [5.74, 6) is -1.89. The Kier molecular flexibility index (Phi) is 4.42. The number of hydrogen-bond donors (Lipinski definition) is 1. The number of nitrogens with zero attached hydrogens (tertiary/aromatic N) is 1. The van der Waals surface area contributed by atoms with E-state index in [1.807, 2.05) is 18.2 Å². The van der Waals surface area contributed by atoms with E-state index in [1.165, 1.54) is 17.0 Å². The van der Waals surface area contributed by atoms with Crippen molar-refractivity contribution < 1.29 is 18.4 Å². The molecular formula is C21H20F2N2O2. The smallest absolute Gasteiger partial charge is 0.244 e. The minimum absolute atomic E-state index is 0.0763. The first-order valence-corrected chi connectivity index (χ1v) is 9.12. The van der Waals surface area contributed by atoms with E-state index in [0.717, 1.165) is 24.5 Å². The maximum Gasteiger partial charge on any atom is 0.244 e. The predicted molar refractivity (Wildman–Crippen MR) is 97.0 cm³/mol. The van der Waals surface area contributed by atoms with Crippen molar-refractivity contribution in [2.24, 2.45) is 0 Å². The number of halogens is 2. The molecule has 0 atom stereocenters. The van der Waals surface area contributed by atoms with Gasteiger partial charge in [-0.25, -0.2) is 8.78 Å². The van der Waals surface area contributed by atoms with Crippen molar-refractivity contribution in [2.45, 2.75) is 37.6 Å². The van der Waals surface area contributed by atoms with E-state index >= 15 is 0 Å². The maximum atomic E-state index is 13.9. The third-order valence-electron chi connectivity index (χ3n) is 5.56. The first-order valence-electron chi connectivity index (χ1n) is 9.12. The molecule has 2 aromatic rings. The molecule has 0 saturated heterocycles. The molecule has 4 nitrogen and oxygen atoms in total. The summed E-state index contributed by atoms with van der Waals surface area (Å²) in [6.45, 7) is 0.209. The number of amides is 2. The standard InChI is InChI=1S/C21H20F2N2O2/c22-16-9-15(10-17(23)11-16)21(7-3-4-8-21)20(27)25-12-14-5-1-2-6-18(14)24-19(26)13-25/h1-2,5-6,9-11H,3-4,7-8,12-13H2,(H,24,26). The number of nitrogens with one attached hydrogen (secondary N) is 1. The molecule has 1 fully saturated rings. The van der Waals surface area contributed by atoms with Gasteiger partial charge in [0.25, 0.3) is 0 Å². The van der Waals surface area contributed by atoms with Gasteiger partial charge in [0, 0.05) is 18.3 Å². The fourth-order valence-electron chi connectivity index (χ4n) is 4.29. The molecule has 1 heterocycles. The molecule has 1 saturated carbocycles. The van der Waals surface area contributed by atoms with Gasteiger partial charge in [0.2, 0.25) is 11.8 Å². The minimum Gasteiger partial charge on any atom is -0.328 e. The molecule has 0 bridgehead atoms. The summed E-state index contributed by atoms with van der Waals surface area (Å²) < 4.78 is 27.7. The van der Waals surface area contributed by atoms with Crippen LogP contribution >= 0.6 is 0 Å². The van der Waals surface area contributed by atoms with Crippen LogP contribution in [0, 0.1) is 11.6 Å². The molecule has 27 heavy (non-hydrogen) atoms. The summed E-state index contributed by atoms with van der Waals surface area (Å²) in [5, 5.41) is 2.82. The number of carbonyl (C=O) groups is 2. The number of carbonyl (C=O) groups excluding carboxylic acids is 2. The summed E-state index contributed by atoms with van der Waals surface area (Å²) in [5.41, 5.74) is 0.911. The van der Waals surface area contributed by atoms with Crippen molar-refractivity contribution in [3.8, 4) is 0 Å². The lowest BCUT2D eigenvalue weighted by atomic mass is 9.77. The summed E-state index contributed by atoms with van der Waals surface area (Å²) in [6.07, 6.45) is 2.66. The summed E-state index contributed by atoms with van der Waals surface area (Å²) in [4.78, 5) is 27.4. The van der Waals surface area contributed by atoms with Crippen LogP contribution in [0.15, 0.2) is 42.5 Å². The Morgan fingerprint density at radius 3 is 2.37 bits per heavy atom. The number of para-hydroxylation sites is 1. The molecule has 4 rings (SSSR count). The average Bonchev–Trinajstić information content (AvgIpc) is 3.05. The van der Waals surface area contributed by atoms with E-state index in [-0.39, 0.29) is 24.9 Å². The number of hydrogen-bond acceptors (Lipinski definition) is 2. The second-order valence-electron chi connectivity index (χ2n) is 7.31. The van der Waals surface area contributed by atoms with Gasteiger partial charge >= 0.3 is 0 Å². The van der Waals surface area contributed by atoms with Gasteiger partial charge in [-0.15, -0.1) is 0 Å². The summed E-state index contributed by atoms with van der Waals surface area (Å²) in [7, 11) is 0. The zero-order chi connectivity index (χ0) is 19.0. The van der Waals surface area contributed by atoms with Gasteiger partial charge in [0.1, 0.15) is 18.2 Å². The number of benzene rings is 2.